The molecule has 2 unspecified atom stereocenters. The van der Waals surface area contributed by atoms with Gasteiger partial charge in [0, 0.05) is 18.5 Å². The molecule has 1 aliphatic carbocycles. The molecule has 8 nitrogen and oxygen atoms in total. The van der Waals surface area contributed by atoms with Crippen LogP contribution in [0, 0.1) is 0 Å². The van der Waals surface area contributed by atoms with E-state index in [1.165, 1.54) is 4.68 Å². The molecule has 2 atom stereocenters. The Kier molecular flexibility index (Phi) is 4.01. The first-order valence-electron chi connectivity index (χ1n) is 9.54. The Morgan fingerprint density at radius 3 is 2.96 bits per heavy atom. The number of hydrogen-bond acceptors (Lipinski definition) is 5. The summed E-state index contributed by atoms with van der Waals surface area (Å²) in [5.41, 5.74) is 3.15. The molecule has 1 amide bonds. The van der Waals surface area contributed by atoms with Crippen LogP contribution in [0.15, 0.2) is 35.1 Å². The number of fused-ring (bicyclic) bond motifs is 2. The highest BCUT2D eigenvalue weighted by atomic mass is 16.5. The van der Waals surface area contributed by atoms with Crippen LogP contribution in [0.2, 0.25) is 0 Å². The van der Waals surface area contributed by atoms with E-state index in [1.807, 2.05) is 31.3 Å². The second-order valence-corrected chi connectivity index (χ2v) is 7.43. The molecular weight excluding hydrogens is 358 g/mol. The quantitative estimate of drug-likeness (QED) is 0.733. The van der Waals surface area contributed by atoms with Crippen molar-refractivity contribution in [3.05, 3.63) is 57.6 Å². The fourth-order valence-corrected chi connectivity index (χ4v) is 4.19. The van der Waals surface area contributed by atoms with Crippen molar-refractivity contribution in [1.82, 2.24) is 24.9 Å². The monoisotopic (exact) mass is 379 g/mol. The number of aryl methyl sites for hydroxylation is 3. The maximum Gasteiger partial charge on any atom is 0.272 e. The number of nitrogens with one attached hydrogen (secondary N) is 1. The van der Waals surface area contributed by atoms with Crippen LogP contribution in [0.5, 0.6) is 0 Å². The van der Waals surface area contributed by atoms with E-state index in [-0.39, 0.29) is 23.6 Å². The number of rotatable bonds is 3. The van der Waals surface area contributed by atoms with Crippen LogP contribution < -0.4 is 10.9 Å². The fourth-order valence-electron chi connectivity index (χ4n) is 4.19. The molecule has 144 valence electrons. The molecule has 1 aromatic carbocycles. The van der Waals surface area contributed by atoms with E-state index in [4.69, 9.17) is 4.74 Å². The summed E-state index contributed by atoms with van der Waals surface area (Å²) in [6, 6.07) is 8.63. The summed E-state index contributed by atoms with van der Waals surface area (Å²) in [7, 11) is 1.81. The lowest BCUT2D eigenvalue weighted by Crippen LogP contribution is -2.44. The SMILES string of the molecule is Cn1nc(C(=O)NC2COCC2n2nc3c(cc2=O)CCC3)c2ccccc21. The highest BCUT2D eigenvalue weighted by Gasteiger charge is 2.34. The van der Waals surface area contributed by atoms with Crippen LogP contribution in [-0.4, -0.2) is 44.7 Å². The van der Waals surface area contributed by atoms with Crippen LogP contribution >= 0.6 is 0 Å². The van der Waals surface area contributed by atoms with Gasteiger partial charge in [-0.05, 0) is 30.9 Å². The smallest absolute Gasteiger partial charge is 0.272 e. The zero-order valence-electron chi connectivity index (χ0n) is 15.6. The molecule has 2 aromatic heterocycles. The van der Waals surface area contributed by atoms with Gasteiger partial charge in [-0.15, -0.1) is 0 Å². The van der Waals surface area contributed by atoms with E-state index in [0.29, 0.717) is 18.9 Å². The van der Waals surface area contributed by atoms with Crippen molar-refractivity contribution in [3.8, 4) is 0 Å². The first-order valence-corrected chi connectivity index (χ1v) is 9.54. The zero-order valence-corrected chi connectivity index (χ0v) is 15.6. The third kappa shape index (κ3) is 2.72. The van der Waals surface area contributed by atoms with Gasteiger partial charge in [0.15, 0.2) is 5.69 Å². The highest BCUT2D eigenvalue weighted by molar-refractivity contribution is 6.04. The molecule has 3 aromatic rings. The first kappa shape index (κ1) is 17.1. The van der Waals surface area contributed by atoms with Crippen LogP contribution in [-0.2, 0) is 24.6 Å². The molecule has 8 heteroatoms. The van der Waals surface area contributed by atoms with Crippen molar-refractivity contribution in [3.63, 3.8) is 0 Å². The Hall–Kier alpha value is -3.00. The van der Waals surface area contributed by atoms with Crippen LogP contribution in [0.4, 0.5) is 0 Å². The summed E-state index contributed by atoms with van der Waals surface area (Å²) < 4.78 is 8.77. The molecular formula is C20H21N5O3. The van der Waals surface area contributed by atoms with Crippen molar-refractivity contribution in [1.29, 1.82) is 0 Å². The van der Waals surface area contributed by atoms with E-state index >= 15 is 0 Å². The Balaban J connectivity index is 1.43. The molecule has 1 aliphatic heterocycles. The van der Waals surface area contributed by atoms with Crippen molar-refractivity contribution in [2.45, 2.75) is 31.3 Å². The van der Waals surface area contributed by atoms with Crippen molar-refractivity contribution in [2.75, 3.05) is 13.2 Å². The van der Waals surface area contributed by atoms with Gasteiger partial charge in [-0.25, -0.2) is 4.68 Å². The van der Waals surface area contributed by atoms with Crippen molar-refractivity contribution >= 4 is 16.8 Å². The summed E-state index contributed by atoms with van der Waals surface area (Å²) in [6.45, 7) is 0.686. The van der Waals surface area contributed by atoms with Gasteiger partial charge in [-0.1, -0.05) is 18.2 Å². The van der Waals surface area contributed by atoms with E-state index in [0.717, 1.165) is 41.4 Å². The molecule has 1 N–H and O–H groups in total. The van der Waals surface area contributed by atoms with Gasteiger partial charge in [0.05, 0.1) is 30.5 Å². The maximum atomic E-state index is 12.9. The third-order valence-electron chi connectivity index (χ3n) is 5.64. The number of carbonyl (C=O) groups excluding carboxylic acids is 1. The normalized spacial score (nSPS) is 21.2. The molecule has 1 fully saturated rings. The van der Waals surface area contributed by atoms with Gasteiger partial charge in [-0.2, -0.15) is 10.2 Å². The second kappa shape index (κ2) is 6.56. The summed E-state index contributed by atoms with van der Waals surface area (Å²) in [5.74, 6) is -0.272. The number of benzene rings is 1. The molecule has 0 radical (unpaired) electrons. The van der Waals surface area contributed by atoms with E-state index in [2.05, 4.69) is 15.5 Å². The molecule has 0 bridgehead atoms. The first-order chi connectivity index (χ1) is 13.6. The lowest BCUT2D eigenvalue weighted by atomic mass is 10.1. The minimum Gasteiger partial charge on any atom is -0.377 e. The summed E-state index contributed by atoms with van der Waals surface area (Å²) in [4.78, 5) is 25.5. The predicted molar refractivity (Wildman–Crippen MR) is 102 cm³/mol. The number of amides is 1. The third-order valence-corrected chi connectivity index (χ3v) is 5.64. The second-order valence-electron chi connectivity index (χ2n) is 7.43. The molecule has 28 heavy (non-hydrogen) atoms. The molecule has 0 spiro atoms. The minimum absolute atomic E-state index is 0.140. The average Bonchev–Trinajstić information content (AvgIpc) is 3.40. The average molecular weight is 379 g/mol. The number of hydrogen-bond donors (Lipinski definition) is 1. The predicted octanol–water partition coefficient (Wildman–Crippen LogP) is 0.989. The number of carbonyl (C=O) groups is 1. The van der Waals surface area contributed by atoms with Crippen molar-refractivity contribution < 1.29 is 9.53 Å². The summed E-state index contributed by atoms with van der Waals surface area (Å²) >= 11 is 0. The molecule has 1 saturated heterocycles. The molecule has 2 aliphatic rings. The van der Waals surface area contributed by atoms with Crippen LogP contribution in [0.1, 0.15) is 34.2 Å². The van der Waals surface area contributed by atoms with Crippen molar-refractivity contribution in [2.24, 2.45) is 7.05 Å². The van der Waals surface area contributed by atoms with E-state index < -0.39 is 0 Å². The molecule has 5 rings (SSSR count). The highest BCUT2D eigenvalue weighted by Crippen LogP contribution is 2.23. The van der Waals surface area contributed by atoms with E-state index in [1.54, 1.807) is 10.7 Å². The molecule has 0 saturated carbocycles. The molecule has 3 heterocycles. The Morgan fingerprint density at radius 1 is 1.21 bits per heavy atom. The fraction of sp³-hybridized carbons (Fsp3) is 0.400. The van der Waals surface area contributed by atoms with Gasteiger partial charge in [0.2, 0.25) is 0 Å². The zero-order chi connectivity index (χ0) is 19.3. The lowest BCUT2D eigenvalue weighted by molar-refractivity contribution is 0.0920. The number of para-hydroxylation sites is 1. The summed E-state index contributed by atoms with van der Waals surface area (Å²) in [5, 5.41) is 12.7. The maximum absolute atomic E-state index is 12.9. The largest absolute Gasteiger partial charge is 0.377 e. The Bertz CT molecular complexity index is 1130. The summed E-state index contributed by atoms with van der Waals surface area (Å²) in [6.07, 6.45) is 2.83. The van der Waals surface area contributed by atoms with Crippen LogP contribution in [0.25, 0.3) is 10.9 Å². The number of nitrogens with zero attached hydrogens (tertiary/aromatic N) is 4. The number of ether oxygens (including phenoxy) is 1. The Morgan fingerprint density at radius 2 is 2.07 bits per heavy atom. The van der Waals surface area contributed by atoms with Gasteiger partial charge in [0.25, 0.3) is 11.5 Å². The lowest BCUT2D eigenvalue weighted by Gasteiger charge is -2.20. The standard InChI is InChI=1S/C20H21N5O3/c1-24-16-8-3-2-6-13(16)19(23-24)20(27)21-15-10-28-11-17(15)25-18(26)9-12-5-4-7-14(12)22-25/h2-3,6,8-9,15,17H,4-5,7,10-11H2,1H3,(H,21,27). The van der Waals surface area contributed by atoms with Gasteiger partial charge >= 0.3 is 0 Å². The number of aromatic nitrogens is 4. The Labute approximate surface area is 161 Å². The van der Waals surface area contributed by atoms with Crippen LogP contribution in [0.3, 0.4) is 0 Å². The minimum atomic E-state index is -0.335. The van der Waals surface area contributed by atoms with E-state index in [9.17, 15) is 9.59 Å². The van der Waals surface area contributed by atoms with Gasteiger partial charge in [-0.3, -0.25) is 14.3 Å². The topological polar surface area (TPSA) is 91.0 Å². The van der Waals surface area contributed by atoms with Gasteiger partial charge in [0.1, 0.15) is 6.04 Å². The van der Waals surface area contributed by atoms with Gasteiger partial charge < -0.3 is 10.1 Å².